The van der Waals surface area contributed by atoms with Crippen LogP contribution in [0.4, 0.5) is 5.69 Å². The monoisotopic (exact) mass is 392 g/mol. The average molecular weight is 392 g/mol. The van der Waals surface area contributed by atoms with Crippen LogP contribution in [0.5, 0.6) is 0 Å². The number of hydrogen-bond acceptors (Lipinski definition) is 6. The number of piperazine rings is 1. The van der Waals surface area contributed by atoms with Gasteiger partial charge in [-0.3, -0.25) is 5.41 Å². The molecule has 0 amide bonds. The predicted octanol–water partition coefficient (Wildman–Crippen LogP) is 2.67. The lowest BCUT2D eigenvalue weighted by Gasteiger charge is -2.34. The smallest absolute Gasteiger partial charge is 0.145 e. The Morgan fingerprint density at radius 3 is 2.79 bits per heavy atom. The number of rotatable bonds is 4. The van der Waals surface area contributed by atoms with E-state index < -0.39 is 0 Å². The fraction of sp³-hybridized carbons (Fsp3) is 0.333. The van der Waals surface area contributed by atoms with Crippen LogP contribution in [0.15, 0.2) is 46.8 Å². The second kappa shape index (κ2) is 6.97. The van der Waals surface area contributed by atoms with E-state index in [1.54, 1.807) is 11.2 Å². The number of furan rings is 1. The van der Waals surface area contributed by atoms with Crippen molar-refractivity contribution >= 4 is 28.1 Å². The summed E-state index contributed by atoms with van der Waals surface area (Å²) in [6, 6.07) is 9.88. The first-order valence-electron chi connectivity index (χ1n) is 9.80. The molecule has 1 saturated heterocycles. The van der Waals surface area contributed by atoms with E-state index in [0.717, 1.165) is 43.0 Å². The molecular weight excluding hydrogens is 368 g/mol. The van der Waals surface area contributed by atoms with Gasteiger partial charge >= 0.3 is 0 Å². The molecule has 2 aliphatic heterocycles. The van der Waals surface area contributed by atoms with Crippen molar-refractivity contribution in [3.05, 3.63) is 53.9 Å². The van der Waals surface area contributed by atoms with E-state index in [1.807, 2.05) is 18.2 Å². The Kier molecular flexibility index (Phi) is 4.28. The Hall–Kier alpha value is -3.26. The van der Waals surface area contributed by atoms with Crippen LogP contribution in [0.1, 0.15) is 11.6 Å². The van der Waals surface area contributed by atoms with E-state index in [4.69, 9.17) is 9.83 Å². The summed E-state index contributed by atoms with van der Waals surface area (Å²) in [5.74, 6) is 1.68. The molecule has 3 N–H and O–H groups in total. The fourth-order valence-corrected chi connectivity index (χ4v) is 3.99. The number of aromatic amines is 1. The van der Waals surface area contributed by atoms with E-state index in [9.17, 15) is 5.11 Å². The summed E-state index contributed by atoms with van der Waals surface area (Å²) >= 11 is 0. The molecule has 5 rings (SSSR count). The molecular formula is C21H24N6O2. The third-order valence-electron chi connectivity index (χ3n) is 5.68. The van der Waals surface area contributed by atoms with Gasteiger partial charge in [0.15, 0.2) is 0 Å². The first kappa shape index (κ1) is 17.8. The number of amidine groups is 1. The average Bonchev–Trinajstić information content (AvgIpc) is 3.42. The zero-order valence-corrected chi connectivity index (χ0v) is 16.4. The van der Waals surface area contributed by atoms with Gasteiger partial charge < -0.3 is 29.2 Å². The van der Waals surface area contributed by atoms with Gasteiger partial charge in [-0.1, -0.05) is 0 Å². The van der Waals surface area contributed by atoms with Gasteiger partial charge in [-0.15, -0.1) is 0 Å². The number of aliphatic hydroxyl groups is 1. The quantitative estimate of drug-likeness (QED) is 0.632. The molecule has 2 aromatic heterocycles. The first-order chi connectivity index (χ1) is 14.1. The van der Waals surface area contributed by atoms with Crippen LogP contribution in [0.3, 0.4) is 0 Å². The van der Waals surface area contributed by atoms with E-state index in [0.29, 0.717) is 17.9 Å². The molecule has 2 aliphatic rings. The number of aromatic nitrogens is 2. The highest BCUT2D eigenvalue weighted by Crippen LogP contribution is 2.29. The summed E-state index contributed by atoms with van der Waals surface area (Å²) in [7, 11) is 2.15. The van der Waals surface area contributed by atoms with Gasteiger partial charge in [0, 0.05) is 31.9 Å². The van der Waals surface area contributed by atoms with Gasteiger partial charge in [0.2, 0.25) is 0 Å². The summed E-state index contributed by atoms with van der Waals surface area (Å²) in [5, 5.41) is 19.0. The minimum atomic E-state index is 0.153. The molecule has 1 aromatic carbocycles. The van der Waals surface area contributed by atoms with Gasteiger partial charge in [0.05, 0.1) is 36.0 Å². The van der Waals surface area contributed by atoms with Crippen LogP contribution in [-0.2, 0) is 6.54 Å². The summed E-state index contributed by atoms with van der Waals surface area (Å²) < 4.78 is 5.38. The van der Waals surface area contributed by atoms with Crippen LogP contribution >= 0.6 is 0 Å². The second-order valence-corrected chi connectivity index (χ2v) is 7.68. The molecule has 1 fully saturated rings. The number of hydrogen-bond donors (Lipinski definition) is 3. The normalized spacial score (nSPS) is 18.4. The van der Waals surface area contributed by atoms with Crippen LogP contribution in [0, 0.1) is 5.41 Å². The lowest BCUT2D eigenvalue weighted by atomic mass is 10.2. The summed E-state index contributed by atoms with van der Waals surface area (Å²) in [6.45, 7) is 4.82. The van der Waals surface area contributed by atoms with Gasteiger partial charge in [-0.25, -0.2) is 4.98 Å². The van der Waals surface area contributed by atoms with Crippen LogP contribution in [-0.4, -0.2) is 70.5 Å². The number of benzene rings is 1. The third kappa shape index (κ3) is 3.25. The minimum absolute atomic E-state index is 0.153. The highest BCUT2D eigenvalue weighted by Gasteiger charge is 2.31. The molecule has 0 aliphatic carbocycles. The highest BCUT2D eigenvalue weighted by atomic mass is 16.3. The number of nitrogens with one attached hydrogen (secondary N) is 2. The number of aliphatic hydroxyl groups excluding tert-OH is 1. The standard InChI is InChI=1S/C21H24N6O2/c1-25-6-8-26(9-7-25)14-4-5-16-17(11-14)24-21(23-16)19-18(28)13-27(20(19)22)12-15-3-2-10-29-15/h2-5,10-11,22,28H,6-9,12-13H2,1H3,(H,23,24). The van der Waals surface area contributed by atoms with E-state index in [1.165, 1.54) is 5.69 Å². The molecule has 0 unspecified atom stereocenters. The maximum absolute atomic E-state index is 10.5. The van der Waals surface area contributed by atoms with Crippen molar-refractivity contribution in [3.63, 3.8) is 0 Å². The van der Waals surface area contributed by atoms with E-state index in [2.05, 4.69) is 38.9 Å². The lowest BCUT2D eigenvalue weighted by molar-refractivity contribution is 0.313. The number of H-pyrrole nitrogens is 1. The summed E-state index contributed by atoms with van der Waals surface area (Å²) in [6.07, 6.45) is 1.61. The Morgan fingerprint density at radius 1 is 1.21 bits per heavy atom. The zero-order valence-electron chi connectivity index (χ0n) is 16.4. The number of nitrogens with zero attached hydrogens (tertiary/aromatic N) is 4. The molecule has 0 bridgehead atoms. The molecule has 29 heavy (non-hydrogen) atoms. The van der Waals surface area contributed by atoms with Crippen molar-refractivity contribution in [2.75, 3.05) is 44.7 Å². The van der Waals surface area contributed by atoms with Crippen molar-refractivity contribution in [1.29, 1.82) is 5.41 Å². The van der Waals surface area contributed by atoms with Crippen molar-refractivity contribution in [2.24, 2.45) is 0 Å². The number of imidazole rings is 1. The summed E-state index contributed by atoms with van der Waals surface area (Å²) in [4.78, 5) is 14.4. The third-order valence-corrected chi connectivity index (χ3v) is 5.68. The van der Waals surface area contributed by atoms with Gasteiger partial charge in [-0.2, -0.15) is 0 Å². The van der Waals surface area contributed by atoms with Crippen LogP contribution < -0.4 is 4.90 Å². The highest BCUT2D eigenvalue weighted by molar-refractivity contribution is 6.23. The molecule has 150 valence electrons. The molecule has 0 atom stereocenters. The molecule has 3 aromatic rings. The number of fused-ring (bicyclic) bond motifs is 1. The first-order valence-corrected chi connectivity index (χ1v) is 9.80. The lowest BCUT2D eigenvalue weighted by Crippen LogP contribution is -2.44. The molecule has 8 nitrogen and oxygen atoms in total. The van der Waals surface area contributed by atoms with Crippen molar-refractivity contribution in [3.8, 4) is 0 Å². The Labute approximate surface area is 168 Å². The van der Waals surface area contributed by atoms with Crippen molar-refractivity contribution in [2.45, 2.75) is 6.54 Å². The van der Waals surface area contributed by atoms with Gasteiger partial charge in [0.1, 0.15) is 23.2 Å². The largest absolute Gasteiger partial charge is 0.510 e. The maximum Gasteiger partial charge on any atom is 0.145 e. The number of likely N-dealkylation sites (N-methyl/N-ethyl adjacent to an activating group) is 1. The zero-order chi connectivity index (χ0) is 20.0. The Bertz CT molecular complexity index is 1080. The maximum atomic E-state index is 10.5. The molecule has 4 heterocycles. The SMILES string of the molecule is CN1CCN(c2ccc3nc(C4=C(O)CN(Cc5ccco5)C4=N)[nH]c3c2)CC1. The van der Waals surface area contributed by atoms with Gasteiger partial charge in [-0.05, 0) is 37.4 Å². The molecule has 8 heteroatoms. The van der Waals surface area contributed by atoms with Crippen molar-refractivity contribution in [1.82, 2.24) is 19.8 Å². The molecule has 0 spiro atoms. The Balaban J connectivity index is 1.40. The van der Waals surface area contributed by atoms with E-state index in [-0.39, 0.29) is 18.1 Å². The topological polar surface area (TPSA) is 95.6 Å². The molecule has 0 saturated carbocycles. The minimum Gasteiger partial charge on any atom is -0.510 e. The van der Waals surface area contributed by atoms with Gasteiger partial charge in [0.25, 0.3) is 0 Å². The number of anilines is 1. The second-order valence-electron chi connectivity index (χ2n) is 7.68. The van der Waals surface area contributed by atoms with Crippen molar-refractivity contribution < 1.29 is 9.52 Å². The Morgan fingerprint density at radius 2 is 2.03 bits per heavy atom. The van der Waals surface area contributed by atoms with E-state index >= 15 is 0 Å². The summed E-state index contributed by atoms with van der Waals surface area (Å²) in [5.41, 5.74) is 3.36. The van der Waals surface area contributed by atoms with Crippen LogP contribution in [0.2, 0.25) is 0 Å². The fourth-order valence-electron chi connectivity index (χ4n) is 3.99. The van der Waals surface area contributed by atoms with Crippen LogP contribution in [0.25, 0.3) is 16.6 Å². The predicted molar refractivity (Wildman–Crippen MR) is 112 cm³/mol. The molecule has 0 radical (unpaired) electrons.